The molecule has 1 heterocycles. The van der Waals surface area contributed by atoms with Crippen LogP contribution in [0.3, 0.4) is 0 Å². The SMILES string of the molecule is COCc1c(Cl)ccc(C)c1NC(=O)c1ccc(C)nc1C(=O)NC(C)C. The third-order valence-electron chi connectivity index (χ3n) is 3.91. The van der Waals surface area contributed by atoms with Crippen LogP contribution < -0.4 is 10.6 Å². The van der Waals surface area contributed by atoms with Crippen molar-refractivity contribution in [2.45, 2.75) is 40.3 Å². The fourth-order valence-electron chi connectivity index (χ4n) is 2.62. The maximum atomic E-state index is 12.9. The molecule has 0 bridgehead atoms. The van der Waals surface area contributed by atoms with Crippen molar-refractivity contribution in [2.75, 3.05) is 12.4 Å². The number of hydrogen-bond donors (Lipinski definition) is 2. The number of hydrogen-bond acceptors (Lipinski definition) is 4. The van der Waals surface area contributed by atoms with E-state index in [-0.39, 0.29) is 23.9 Å². The first-order valence-electron chi connectivity index (χ1n) is 8.61. The van der Waals surface area contributed by atoms with Gasteiger partial charge >= 0.3 is 0 Å². The summed E-state index contributed by atoms with van der Waals surface area (Å²) in [4.78, 5) is 29.7. The zero-order valence-electron chi connectivity index (χ0n) is 16.1. The number of benzene rings is 1. The van der Waals surface area contributed by atoms with Gasteiger partial charge in [-0.05, 0) is 51.5 Å². The molecule has 2 aromatic rings. The van der Waals surface area contributed by atoms with Gasteiger partial charge in [0.2, 0.25) is 0 Å². The summed E-state index contributed by atoms with van der Waals surface area (Å²) in [6.45, 7) is 7.58. The van der Waals surface area contributed by atoms with Gasteiger partial charge in [0.15, 0.2) is 0 Å². The topological polar surface area (TPSA) is 80.3 Å². The van der Waals surface area contributed by atoms with E-state index in [2.05, 4.69) is 15.6 Å². The van der Waals surface area contributed by atoms with Crippen LogP contribution in [-0.4, -0.2) is 29.9 Å². The molecule has 2 amide bonds. The van der Waals surface area contributed by atoms with Crippen molar-refractivity contribution < 1.29 is 14.3 Å². The van der Waals surface area contributed by atoms with Gasteiger partial charge in [-0.3, -0.25) is 9.59 Å². The third-order valence-corrected chi connectivity index (χ3v) is 4.26. The zero-order valence-corrected chi connectivity index (χ0v) is 16.9. The maximum Gasteiger partial charge on any atom is 0.270 e. The number of halogens is 1. The minimum absolute atomic E-state index is 0.0702. The molecule has 0 saturated carbocycles. The van der Waals surface area contributed by atoms with Crippen molar-refractivity contribution in [3.63, 3.8) is 0 Å². The standard InChI is InChI=1S/C20H24ClN3O3/c1-11(2)22-20(26)18-14(8-7-13(4)23-18)19(25)24-17-12(3)6-9-16(21)15(17)10-27-5/h6-9,11H,10H2,1-5H3,(H,22,26)(H,24,25). The van der Waals surface area contributed by atoms with Crippen molar-refractivity contribution in [3.8, 4) is 0 Å². The third kappa shape index (κ3) is 5.05. The fourth-order valence-corrected chi connectivity index (χ4v) is 2.84. The number of aromatic nitrogens is 1. The highest BCUT2D eigenvalue weighted by Gasteiger charge is 2.21. The summed E-state index contributed by atoms with van der Waals surface area (Å²) in [5, 5.41) is 6.14. The number of anilines is 1. The number of amides is 2. The Labute approximate surface area is 164 Å². The molecular formula is C20H24ClN3O3. The predicted molar refractivity (Wildman–Crippen MR) is 106 cm³/mol. The molecule has 0 fully saturated rings. The molecule has 2 rings (SSSR count). The molecule has 0 aliphatic rings. The molecule has 6 nitrogen and oxygen atoms in total. The molecule has 0 unspecified atom stereocenters. The van der Waals surface area contributed by atoms with E-state index in [1.807, 2.05) is 26.8 Å². The normalized spacial score (nSPS) is 10.8. The Balaban J connectivity index is 2.43. The minimum atomic E-state index is -0.431. The van der Waals surface area contributed by atoms with Crippen LogP contribution in [0.5, 0.6) is 0 Å². The molecule has 0 saturated heterocycles. The van der Waals surface area contributed by atoms with Gasteiger partial charge in [0.1, 0.15) is 5.69 Å². The van der Waals surface area contributed by atoms with Crippen LogP contribution in [0.25, 0.3) is 0 Å². The largest absolute Gasteiger partial charge is 0.380 e. The van der Waals surface area contributed by atoms with Crippen molar-refractivity contribution >= 4 is 29.1 Å². The summed E-state index contributed by atoms with van der Waals surface area (Å²) in [5.74, 6) is -0.821. The van der Waals surface area contributed by atoms with Gasteiger partial charge in [0.05, 0.1) is 17.9 Å². The van der Waals surface area contributed by atoms with Gasteiger partial charge in [-0.25, -0.2) is 4.98 Å². The fraction of sp³-hybridized carbons (Fsp3) is 0.350. The predicted octanol–water partition coefficient (Wildman–Crippen LogP) is 3.89. The van der Waals surface area contributed by atoms with Gasteiger partial charge in [-0.2, -0.15) is 0 Å². The Hall–Kier alpha value is -2.44. The molecule has 0 aliphatic carbocycles. The molecule has 144 valence electrons. The summed E-state index contributed by atoms with van der Waals surface area (Å²) in [5.41, 5.74) is 3.04. The molecule has 0 aliphatic heterocycles. The van der Waals surface area contributed by atoms with Gasteiger partial charge in [-0.15, -0.1) is 0 Å². The summed E-state index contributed by atoms with van der Waals surface area (Å²) in [6.07, 6.45) is 0. The summed E-state index contributed by atoms with van der Waals surface area (Å²) in [6, 6.07) is 6.80. The van der Waals surface area contributed by atoms with E-state index in [0.717, 1.165) is 5.56 Å². The van der Waals surface area contributed by atoms with Crippen LogP contribution in [0, 0.1) is 13.8 Å². The Morgan fingerprint density at radius 3 is 2.48 bits per heavy atom. The quantitative estimate of drug-likeness (QED) is 0.785. The average Bonchev–Trinajstić information content (AvgIpc) is 2.60. The first-order valence-corrected chi connectivity index (χ1v) is 8.99. The Morgan fingerprint density at radius 1 is 1.15 bits per heavy atom. The number of nitrogens with zero attached hydrogens (tertiary/aromatic N) is 1. The number of carbonyl (C=O) groups excluding carboxylic acids is 2. The second-order valence-electron chi connectivity index (χ2n) is 6.58. The van der Waals surface area contributed by atoms with Crippen LogP contribution >= 0.6 is 11.6 Å². The van der Waals surface area contributed by atoms with Gasteiger partial charge < -0.3 is 15.4 Å². The first-order chi connectivity index (χ1) is 12.7. The Kier molecular flexibility index (Phi) is 6.93. The van der Waals surface area contributed by atoms with E-state index in [1.165, 1.54) is 0 Å². The van der Waals surface area contributed by atoms with Crippen molar-refractivity contribution in [2.24, 2.45) is 0 Å². The lowest BCUT2D eigenvalue weighted by Gasteiger charge is -2.16. The second kappa shape index (κ2) is 8.97. The number of rotatable bonds is 6. The number of nitrogens with one attached hydrogen (secondary N) is 2. The van der Waals surface area contributed by atoms with E-state index in [0.29, 0.717) is 22.0 Å². The second-order valence-corrected chi connectivity index (χ2v) is 6.99. The smallest absolute Gasteiger partial charge is 0.270 e. The van der Waals surface area contributed by atoms with Gasteiger partial charge in [0, 0.05) is 29.4 Å². The van der Waals surface area contributed by atoms with Crippen LogP contribution in [0.1, 0.15) is 51.5 Å². The summed E-state index contributed by atoms with van der Waals surface area (Å²) >= 11 is 6.26. The van der Waals surface area contributed by atoms with Crippen LogP contribution in [0.2, 0.25) is 5.02 Å². The lowest BCUT2D eigenvalue weighted by atomic mass is 10.1. The molecule has 27 heavy (non-hydrogen) atoms. The average molecular weight is 390 g/mol. The molecule has 7 heteroatoms. The minimum Gasteiger partial charge on any atom is -0.380 e. The van der Waals surface area contributed by atoms with Crippen LogP contribution in [-0.2, 0) is 11.3 Å². The zero-order chi connectivity index (χ0) is 20.1. The van der Waals surface area contributed by atoms with E-state index in [9.17, 15) is 9.59 Å². The van der Waals surface area contributed by atoms with Crippen molar-refractivity contribution in [1.82, 2.24) is 10.3 Å². The summed E-state index contributed by atoms with van der Waals surface area (Å²) < 4.78 is 5.20. The molecule has 1 aromatic heterocycles. The molecule has 0 atom stereocenters. The lowest BCUT2D eigenvalue weighted by Crippen LogP contribution is -2.33. The highest BCUT2D eigenvalue weighted by molar-refractivity contribution is 6.32. The summed E-state index contributed by atoms with van der Waals surface area (Å²) in [7, 11) is 1.56. The van der Waals surface area contributed by atoms with E-state index in [4.69, 9.17) is 16.3 Å². The van der Waals surface area contributed by atoms with E-state index >= 15 is 0 Å². The van der Waals surface area contributed by atoms with Crippen molar-refractivity contribution in [3.05, 3.63) is 57.4 Å². The molecule has 1 aromatic carbocycles. The Bertz CT molecular complexity index is 866. The number of methoxy groups -OCH3 is 1. The van der Waals surface area contributed by atoms with Crippen LogP contribution in [0.4, 0.5) is 5.69 Å². The maximum absolute atomic E-state index is 12.9. The number of ether oxygens (including phenoxy) is 1. The van der Waals surface area contributed by atoms with E-state index in [1.54, 1.807) is 32.2 Å². The number of carbonyl (C=O) groups is 2. The number of aryl methyl sites for hydroxylation is 2. The number of pyridine rings is 1. The molecular weight excluding hydrogens is 366 g/mol. The van der Waals surface area contributed by atoms with Gasteiger partial charge in [-0.1, -0.05) is 17.7 Å². The molecule has 2 N–H and O–H groups in total. The van der Waals surface area contributed by atoms with Crippen LogP contribution in [0.15, 0.2) is 24.3 Å². The van der Waals surface area contributed by atoms with Crippen molar-refractivity contribution in [1.29, 1.82) is 0 Å². The highest BCUT2D eigenvalue weighted by atomic mass is 35.5. The monoisotopic (exact) mass is 389 g/mol. The molecule has 0 spiro atoms. The first kappa shape index (κ1) is 20.9. The Morgan fingerprint density at radius 2 is 1.85 bits per heavy atom. The highest BCUT2D eigenvalue weighted by Crippen LogP contribution is 2.29. The lowest BCUT2D eigenvalue weighted by molar-refractivity contribution is 0.0925. The van der Waals surface area contributed by atoms with Gasteiger partial charge in [0.25, 0.3) is 11.8 Å². The molecule has 0 radical (unpaired) electrons. The van der Waals surface area contributed by atoms with E-state index < -0.39 is 11.8 Å².